The molecule has 0 radical (unpaired) electrons. The van der Waals surface area contributed by atoms with Crippen molar-refractivity contribution in [3.63, 3.8) is 0 Å². The van der Waals surface area contributed by atoms with Gasteiger partial charge < -0.3 is 9.88 Å². The van der Waals surface area contributed by atoms with Crippen LogP contribution in [0.5, 0.6) is 0 Å². The third-order valence-electron chi connectivity index (χ3n) is 5.01. The van der Waals surface area contributed by atoms with Crippen LogP contribution in [0.1, 0.15) is 52.5 Å². The minimum absolute atomic E-state index is 0.0818. The van der Waals surface area contributed by atoms with Gasteiger partial charge in [0.05, 0.1) is 0 Å². The first-order valence-electron chi connectivity index (χ1n) is 9.45. The first-order valence-corrected chi connectivity index (χ1v) is 9.45. The van der Waals surface area contributed by atoms with Crippen molar-refractivity contribution in [3.8, 4) is 0 Å². The van der Waals surface area contributed by atoms with Crippen molar-refractivity contribution in [1.82, 2.24) is 4.57 Å². The monoisotopic (exact) mass is 360 g/mol. The summed E-state index contributed by atoms with van der Waals surface area (Å²) in [6.07, 6.45) is 1.84. The quantitative estimate of drug-likeness (QED) is 0.546. The molecule has 3 nitrogen and oxygen atoms in total. The van der Waals surface area contributed by atoms with Crippen LogP contribution in [0.15, 0.2) is 49.1 Å². The Bertz CT molecular complexity index is 1000. The van der Waals surface area contributed by atoms with Crippen molar-refractivity contribution in [2.24, 2.45) is 0 Å². The van der Waals surface area contributed by atoms with Gasteiger partial charge in [-0.15, -0.1) is 6.58 Å². The van der Waals surface area contributed by atoms with Gasteiger partial charge in [-0.05, 0) is 73.2 Å². The summed E-state index contributed by atoms with van der Waals surface area (Å²) in [5.41, 5.74) is 7.16. The number of amides is 1. The molecule has 0 spiro atoms. The third-order valence-corrected chi connectivity index (χ3v) is 5.01. The molecular weight excluding hydrogens is 332 g/mol. The zero-order valence-electron chi connectivity index (χ0n) is 16.9. The van der Waals surface area contributed by atoms with Crippen molar-refractivity contribution in [1.29, 1.82) is 0 Å². The highest BCUT2D eigenvalue weighted by Gasteiger charge is 2.20. The normalized spacial score (nSPS) is 11.2. The summed E-state index contributed by atoms with van der Waals surface area (Å²) in [5.74, 6) is 0.366. The first kappa shape index (κ1) is 19.0. The molecule has 0 unspecified atom stereocenters. The van der Waals surface area contributed by atoms with Crippen molar-refractivity contribution in [2.45, 2.75) is 47.1 Å². The number of allylic oxidation sites excluding steroid dienone is 1. The van der Waals surface area contributed by atoms with Gasteiger partial charge in [-0.3, -0.25) is 4.79 Å². The van der Waals surface area contributed by atoms with Crippen LogP contribution in [0.2, 0.25) is 0 Å². The number of benzene rings is 2. The number of hydrogen-bond acceptors (Lipinski definition) is 1. The lowest BCUT2D eigenvalue weighted by Gasteiger charge is -2.11. The van der Waals surface area contributed by atoms with Crippen molar-refractivity contribution < 1.29 is 4.79 Å². The summed E-state index contributed by atoms with van der Waals surface area (Å²) in [7, 11) is 0. The van der Waals surface area contributed by atoms with Gasteiger partial charge in [0, 0.05) is 23.1 Å². The highest BCUT2D eigenvalue weighted by atomic mass is 16.2. The lowest BCUT2D eigenvalue weighted by molar-refractivity contribution is 0.101. The molecule has 140 valence electrons. The molecule has 0 saturated heterocycles. The molecule has 2 aromatic carbocycles. The van der Waals surface area contributed by atoms with E-state index in [2.05, 4.69) is 54.6 Å². The number of aryl methyl sites for hydroxylation is 3. The Hall–Kier alpha value is -2.81. The molecule has 3 heteroatoms. The number of anilines is 1. The summed E-state index contributed by atoms with van der Waals surface area (Å²) < 4.78 is 2.06. The van der Waals surface area contributed by atoms with E-state index < -0.39 is 0 Å². The van der Waals surface area contributed by atoms with E-state index in [4.69, 9.17) is 0 Å². The van der Waals surface area contributed by atoms with Crippen LogP contribution in [-0.2, 0) is 6.54 Å². The summed E-state index contributed by atoms with van der Waals surface area (Å²) in [4.78, 5) is 13.2. The van der Waals surface area contributed by atoms with Crippen LogP contribution in [-0.4, -0.2) is 10.5 Å². The van der Waals surface area contributed by atoms with Crippen LogP contribution in [0.25, 0.3) is 10.9 Å². The van der Waals surface area contributed by atoms with E-state index in [1.807, 2.05) is 39.0 Å². The molecule has 1 aromatic heterocycles. The van der Waals surface area contributed by atoms with E-state index >= 15 is 0 Å². The molecule has 0 bridgehead atoms. The van der Waals surface area contributed by atoms with Gasteiger partial charge in [-0.25, -0.2) is 0 Å². The highest BCUT2D eigenvalue weighted by Crippen LogP contribution is 2.30. The molecule has 0 aliphatic carbocycles. The molecule has 3 rings (SSSR count). The Morgan fingerprint density at radius 2 is 1.78 bits per heavy atom. The molecule has 0 aliphatic rings. The lowest BCUT2D eigenvalue weighted by atomic mass is 10.0. The van der Waals surface area contributed by atoms with Crippen LogP contribution < -0.4 is 5.32 Å². The fourth-order valence-electron chi connectivity index (χ4n) is 3.75. The molecule has 0 atom stereocenters. The number of rotatable bonds is 5. The van der Waals surface area contributed by atoms with Gasteiger partial charge in [0.15, 0.2) is 0 Å². The fraction of sp³-hybridized carbons (Fsp3) is 0.292. The van der Waals surface area contributed by atoms with Gasteiger partial charge >= 0.3 is 0 Å². The second-order valence-corrected chi connectivity index (χ2v) is 7.63. The molecule has 0 aliphatic heterocycles. The average Bonchev–Trinajstić information content (AvgIpc) is 2.86. The topological polar surface area (TPSA) is 34.0 Å². The summed E-state index contributed by atoms with van der Waals surface area (Å²) in [5, 5.41) is 4.22. The maximum atomic E-state index is 13.2. The van der Waals surface area contributed by atoms with E-state index in [1.54, 1.807) is 0 Å². The molecule has 0 saturated carbocycles. The third kappa shape index (κ3) is 3.68. The number of nitrogens with zero attached hydrogens (tertiary/aromatic N) is 1. The molecule has 27 heavy (non-hydrogen) atoms. The zero-order valence-corrected chi connectivity index (χ0v) is 16.9. The summed E-state index contributed by atoms with van der Waals surface area (Å²) >= 11 is 0. The molecule has 1 amide bonds. The van der Waals surface area contributed by atoms with Crippen molar-refractivity contribution >= 4 is 22.5 Å². The minimum Gasteiger partial charge on any atom is -0.332 e. The Morgan fingerprint density at radius 3 is 2.37 bits per heavy atom. The first-order chi connectivity index (χ1) is 12.8. The number of hydrogen-bond donors (Lipinski definition) is 1. The van der Waals surface area contributed by atoms with E-state index in [-0.39, 0.29) is 5.91 Å². The van der Waals surface area contributed by atoms with Gasteiger partial charge in [0.25, 0.3) is 5.91 Å². The van der Waals surface area contributed by atoms with Gasteiger partial charge in [-0.2, -0.15) is 0 Å². The zero-order chi connectivity index (χ0) is 19.7. The Kier molecular flexibility index (Phi) is 5.22. The minimum atomic E-state index is -0.0818. The highest BCUT2D eigenvalue weighted by molar-refractivity contribution is 6.08. The average molecular weight is 361 g/mol. The predicted molar refractivity (Wildman–Crippen MR) is 115 cm³/mol. The van der Waals surface area contributed by atoms with Crippen LogP contribution in [0.4, 0.5) is 5.69 Å². The van der Waals surface area contributed by atoms with E-state index in [0.717, 1.165) is 33.3 Å². The van der Waals surface area contributed by atoms with Gasteiger partial charge in [0.2, 0.25) is 0 Å². The second-order valence-electron chi connectivity index (χ2n) is 7.63. The second kappa shape index (κ2) is 7.43. The van der Waals surface area contributed by atoms with Gasteiger partial charge in [-0.1, -0.05) is 32.1 Å². The Balaban J connectivity index is 2.11. The van der Waals surface area contributed by atoms with Crippen LogP contribution >= 0.6 is 0 Å². The SMILES string of the molecule is C=CCn1c(C(=O)Nc2cc(C)cc(C)c2)c(C)c2cc(C(C)C)ccc21. The number of nitrogens with one attached hydrogen (secondary N) is 1. The van der Waals surface area contributed by atoms with Crippen molar-refractivity contribution in [2.75, 3.05) is 5.32 Å². The van der Waals surface area contributed by atoms with E-state index in [0.29, 0.717) is 18.2 Å². The van der Waals surface area contributed by atoms with Crippen molar-refractivity contribution in [3.05, 3.63) is 77.0 Å². The van der Waals surface area contributed by atoms with Crippen LogP contribution in [0, 0.1) is 20.8 Å². The maximum absolute atomic E-state index is 13.2. The predicted octanol–water partition coefficient (Wildman–Crippen LogP) is 6.13. The summed E-state index contributed by atoms with van der Waals surface area (Å²) in [6, 6.07) is 12.6. The number of fused-ring (bicyclic) bond motifs is 1. The lowest BCUT2D eigenvalue weighted by Crippen LogP contribution is -2.18. The van der Waals surface area contributed by atoms with E-state index in [1.165, 1.54) is 5.56 Å². The number of carbonyl (C=O) groups excluding carboxylic acids is 1. The number of carbonyl (C=O) groups is 1. The van der Waals surface area contributed by atoms with Gasteiger partial charge in [0.1, 0.15) is 5.69 Å². The Morgan fingerprint density at radius 1 is 1.11 bits per heavy atom. The molecule has 1 N–H and O–H groups in total. The standard InChI is InChI=1S/C24H28N2O/c1-7-10-26-22-9-8-19(15(2)3)14-21(22)18(6)23(26)24(27)25-20-12-16(4)11-17(5)13-20/h7-9,11-15H,1,10H2,2-6H3,(H,25,27). The molecule has 0 fully saturated rings. The Labute approximate surface area is 161 Å². The summed E-state index contributed by atoms with van der Waals surface area (Å²) in [6.45, 7) is 14.9. The smallest absolute Gasteiger partial charge is 0.272 e. The van der Waals surface area contributed by atoms with Crippen LogP contribution in [0.3, 0.4) is 0 Å². The fourth-order valence-corrected chi connectivity index (χ4v) is 3.75. The molecule has 3 aromatic rings. The largest absolute Gasteiger partial charge is 0.332 e. The molecule has 1 heterocycles. The number of aromatic nitrogens is 1. The molecular formula is C24H28N2O. The maximum Gasteiger partial charge on any atom is 0.272 e. The van der Waals surface area contributed by atoms with E-state index in [9.17, 15) is 4.79 Å².